The van der Waals surface area contributed by atoms with Crippen LogP contribution >= 0.6 is 17.5 Å². The number of rotatable bonds is 2. The molecule has 0 N–H and O–H groups in total. The Hall–Kier alpha value is 0.220. The van der Waals surface area contributed by atoms with Crippen LogP contribution < -0.4 is 5.30 Å². The lowest BCUT2D eigenvalue weighted by molar-refractivity contribution is 1.52. The Balaban J connectivity index is 3.03. The van der Waals surface area contributed by atoms with E-state index in [0.717, 1.165) is 6.16 Å². The third-order valence-corrected chi connectivity index (χ3v) is 6.50. The van der Waals surface area contributed by atoms with E-state index in [1.165, 1.54) is 5.30 Å². The van der Waals surface area contributed by atoms with Gasteiger partial charge < -0.3 is 0 Å². The first-order chi connectivity index (χ1) is 5.17. The van der Waals surface area contributed by atoms with Gasteiger partial charge in [0.1, 0.15) is 0 Å². The van der Waals surface area contributed by atoms with Crippen LogP contribution in [0.4, 0.5) is 0 Å². The highest BCUT2D eigenvalue weighted by Gasteiger charge is 2.09. The van der Waals surface area contributed by atoms with E-state index in [2.05, 4.69) is 31.3 Å². The molecule has 0 aliphatic rings. The minimum absolute atomic E-state index is 0.982. The molecule has 0 amide bonds. The van der Waals surface area contributed by atoms with Gasteiger partial charge in [0.25, 0.3) is 0 Å². The van der Waals surface area contributed by atoms with Gasteiger partial charge in [-0.1, -0.05) is 49.1 Å². The van der Waals surface area contributed by atoms with E-state index < -0.39 is 5.24 Å². The lowest BCUT2D eigenvalue weighted by Crippen LogP contribution is -2.00. The molecular formula is C8H11PS2. The monoisotopic (exact) mass is 202 g/mol. The first-order valence-corrected chi connectivity index (χ1v) is 7.68. The first-order valence-electron chi connectivity index (χ1n) is 3.54. The van der Waals surface area contributed by atoms with E-state index in [1.54, 1.807) is 0 Å². The molecule has 60 valence electrons. The van der Waals surface area contributed by atoms with Gasteiger partial charge in [-0.2, -0.15) is 0 Å². The summed E-state index contributed by atoms with van der Waals surface area (Å²) in [6.07, 6.45) is 0.982. The fraction of sp³-hybridized carbons (Fsp3) is 0.250. The molecule has 3 heteroatoms. The molecule has 0 aromatic heterocycles. The van der Waals surface area contributed by atoms with Crippen molar-refractivity contribution >= 4 is 34.6 Å². The molecule has 1 aromatic carbocycles. The molecule has 0 aliphatic carbocycles. The summed E-state index contributed by atoms with van der Waals surface area (Å²) < 4.78 is 0. The lowest BCUT2D eigenvalue weighted by Gasteiger charge is -2.12. The minimum atomic E-state index is -1.50. The van der Waals surface area contributed by atoms with Gasteiger partial charge in [0.2, 0.25) is 0 Å². The quantitative estimate of drug-likeness (QED) is 0.568. The van der Waals surface area contributed by atoms with E-state index >= 15 is 0 Å². The SMILES string of the molecule is CCP(=S)(S)c1ccccc1. The van der Waals surface area contributed by atoms with Crippen LogP contribution in [0.1, 0.15) is 6.92 Å². The van der Waals surface area contributed by atoms with E-state index in [1.807, 2.05) is 18.2 Å². The molecule has 1 aromatic rings. The first kappa shape index (κ1) is 9.31. The second-order valence-corrected chi connectivity index (χ2v) is 9.64. The molecule has 1 unspecified atom stereocenters. The van der Waals surface area contributed by atoms with Crippen molar-refractivity contribution in [2.75, 3.05) is 6.16 Å². The van der Waals surface area contributed by atoms with Crippen LogP contribution in [0.3, 0.4) is 0 Å². The molecule has 0 saturated heterocycles. The van der Waals surface area contributed by atoms with Crippen LogP contribution in [0.2, 0.25) is 0 Å². The summed E-state index contributed by atoms with van der Waals surface area (Å²) >= 11 is 9.89. The van der Waals surface area contributed by atoms with E-state index in [0.29, 0.717) is 0 Å². The Labute approximate surface area is 78.2 Å². The van der Waals surface area contributed by atoms with E-state index in [4.69, 9.17) is 11.8 Å². The summed E-state index contributed by atoms with van der Waals surface area (Å²) in [6, 6.07) is 10.2. The second kappa shape index (κ2) is 3.75. The zero-order chi connectivity index (χ0) is 8.32. The van der Waals surface area contributed by atoms with Gasteiger partial charge in [-0.05, 0) is 11.5 Å². The van der Waals surface area contributed by atoms with Gasteiger partial charge in [-0.3, -0.25) is 0 Å². The summed E-state index contributed by atoms with van der Waals surface area (Å²) in [5.41, 5.74) is 0. The van der Waals surface area contributed by atoms with Crippen molar-refractivity contribution in [2.24, 2.45) is 0 Å². The fourth-order valence-corrected chi connectivity index (χ4v) is 2.61. The predicted octanol–water partition coefficient (Wildman–Crippen LogP) is 2.66. The summed E-state index contributed by atoms with van der Waals surface area (Å²) in [5.74, 6) is 0. The molecule has 0 bridgehead atoms. The van der Waals surface area contributed by atoms with Gasteiger partial charge in [-0.25, -0.2) is 0 Å². The number of benzene rings is 1. The second-order valence-electron chi connectivity index (χ2n) is 2.35. The smallest absolute Gasteiger partial charge is 0.0306 e. The maximum Gasteiger partial charge on any atom is 0.0306 e. The van der Waals surface area contributed by atoms with Crippen LogP contribution in [0.5, 0.6) is 0 Å². The minimum Gasteiger partial charge on any atom is -0.137 e. The van der Waals surface area contributed by atoms with Crippen molar-refractivity contribution in [3.8, 4) is 0 Å². The zero-order valence-corrected chi connectivity index (χ0v) is 9.00. The maximum atomic E-state index is 5.39. The molecule has 1 rings (SSSR count). The largest absolute Gasteiger partial charge is 0.137 e. The van der Waals surface area contributed by atoms with Gasteiger partial charge in [0.05, 0.1) is 0 Å². The van der Waals surface area contributed by atoms with Crippen molar-refractivity contribution in [2.45, 2.75) is 6.92 Å². The average molecular weight is 202 g/mol. The standard InChI is InChI=1S/C8H11PS2/c1-2-9(10,11)8-6-4-3-5-7-8/h3-7H,2H2,1H3,(H,10,11). The van der Waals surface area contributed by atoms with Crippen LogP contribution in [0.15, 0.2) is 30.3 Å². The summed E-state index contributed by atoms with van der Waals surface area (Å²) in [7, 11) is 0. The Morgan fingerprint density at radius 2 is 1.91 bits per heavy atom. The molecule has 0 heterocycles. The van der Waals surface area contributed by atoms with Crippen LogP contribution in [-0.2, 0) is 11.8 Å². The summed E-state index contributed by atoms with van der Waals surface area (Å²) in [6.45, 7) is 2.10. The van der Waals surface area contributed by atoms with Crippen molar-refractivity contribution < 1.29 is 0 Å². The molecule has 0 spiro atoms. The lowest BCUT2D eigenvalue weighted by atomic mass is 10.4. The average Bonchev–Trinajstić information content (AvgIpc) is 2.06. The van der Waals surface area contributed by atoms with Crippen molar-refractivity contribution in [3.05, 3.63) is 30.3 Å². The molecule has 0 fully saturated rings. The maximum absolute atomic E-state index is 5.39. The molecular weight excluding hydrogens is 191 g/mol. The summed E-state index contributed by atoms with van der Waals surface area (Å²) in [4.78, 5) is 0. The van der Waals surface area contributed by atoms with Crippen molar-refractivity contribution in [1.82, 2.24) is 0 Å². The molecule has 0 aliphatic heterocycles. The zero-order valence-electron chi connectivity index (χ0n) is 6.40. The van der Waals surface area contributed by atoms with Crippen LogP contribution in [0, 0.1) is 0 Å². The van der Waals surface area contributed by atoms with Crippen LogP contribution in [-0.4, -0.2) is 6.16 Å². The fourth-order valence-electron chi connectivity index (χ4n) is 0.844. The number of hydrogen-bond acceptors (Lipinski definition) is 1. The Bertz CT molecular complexity index is 269. The Morgan fingerprint density at radius 1 is 1.36 bits per heavy atom. The molecule has 11 heavy (non-hydrogen) atoms. The van der Waals surface area contributed by atoms with Gasteiger partial charge in [0, 0.05) is 5.24 Å². The molecule has 0 nitrogen and oxygen atoms in total. The van der Waals surface area contributed by atoms with Gasteiger partial charge in [-0.15, -0.1) is 12.2 Å². The number of thiol groups is 1. The highest BCUT2D eigenvalue weighted by atomic mass is 32.9. The normalized spacial score (nSPS) is 15.8. The van der Waals surface area contributed by atoms with Gasteiger partial charge in [0.15, 0.2) is 0 Å². The van der Waals surface area contributed by atoms with E-state index in [9.17, 15) is 0 Å². The summed E-state index contributed by atoms with van der Waals surface area (Å²) in [5, 5.41) is -0.275. The van der Waals surface area contributed by atoms with E-state index in [-0.39, 0.29) is 0 Å². The third-order valence-electron chi connectivity index (χ3n) is 1.59. The topological polar surface area (TPSA) is 0 Å². The van der Waals surface area contributed by atoms with Gasteiger partial charge >= 0.3 is 0 Å². The highest BCUT2D eigenvalue weighted by Crippen LogP contribution is 2.48. The number of hydrogen-bond donors (Lipinski definition) is 1. The Kier molecular flexibility index (Phi) is 3.17. The molecule has 0 saturated carbocycles. The predicted molar refractivity (Wildman–Crippen MR) is 59.9 cm³/mol. The van der Waals surface area contributed by atoms with Crippen molar-refractivity contribution in [1.29, 1.82) is 0 Å². The molecule has 0 radical (unpaired) electrons. The highest BCUT2D eigenvalue weighted by molar-refractivity contribution is 8.65. The third kappa shape index (κ3) is 2.33. The molecule has 1 atom stereocenters. The Morgan fingerprint density at radius 3 is 2.36 bits per heavy atom. The van der Waals surface area contributed by atoms with Crippen LogP contribution in [0.25, 0.3) is 0 Å². The van der Waals surface area contributed by atoms with Crippen molar-refractivity contribution in [3.63, 3.8) is 0 Å².